The zero-order valence-corrected chi connectivity index (χ0v) is 16.6. The number of hydrogen-bond acceptors (Lipinski definition) is 4. The van der Waals surface area contributed by atoms with Crippen molar-refractivity contribution in [3.63, 3.8) is 0 Å². The zero-order valence-electron chi connectivity index (χ0n) is 15.1. The quantitative estimate of drug-likeness (QED) is 0.406. The highest BCUT2D eigenvalue weighted by Crippen LogP contribution is 2.24. The van der Waals surface area contributed by atoms with Crippen LogP contribution in [0, 0.1) is 0 Å². The summed E-state index contributed by atoms with van der Waals surface area (Å²) in [6.45, 7) is 0.357. The summed E-state index contributed by atoms with van der Waals surface area (Å²) >= 11 is 3.43. The summed E-state index contributed by atoms with van der Waals surface area (Å²) in [7, 11) is 3.40. The summed E-state index contributed by atoms with van der Waals surface area (Å²) in [6, 6.07) is 15.1. The molecule has 3 aromatic rings. The van der Waals surface area contributed by atoms with E-state index in [4.69, 9.17) is 9.47 Å². The van der Waals surface area contributed by atoms with Gasteiger partial charge in [0.1, 0.15) is 23.8 Å². The molecule has 27 heavy (non-hydrogen) atoms. The minimum absolute atomic E-state index is 0.140. The van der Waals surface area contributed by atoms with Gasteiger partial charge in [-0.25, -0.2) is 0 Å². The van der Waals surface area contributed by atoms with Crippen LogP contribution in [0.15, 0.2) is 65.3 Å². The van der Waals surface area contributed by atoms with Crippen molar-refractivity contribution in [2.45, 2.75) is 6.61 Å². The summed E-state index contributed by atoms with van der Waals surface area (Å²) in [5.41, 5.74) is 2.19. The van der Waals surface area contributed by atoms with E-state index in [9.17, 15) is 4.79 Å². The van der Waals surface area contributed by atoms with Crippen LogP contribution in [0.5, 0.6) is 11.5 Å². The molecule has 5 nitrogen and oxygen atoms in total. The van der Waals surface area contributed by atoms with Gasteiger partial charge in [-0.05, 0) is 48.0 Å². The molecule has 2 aromatic carbocycles. The zero-order chi connectivity index (χ0) is 19.2. The number of halogens is 1. The molecule has 0 radical (unpaired) electrons. The maximum Gasteiger partial charge on any atom is 0.206 e. The fourth-order valence-electron chi connectivity index (χ4n) is 2.54. The summed E-state index contributed by atoms with van der Waals surface area (Å²) in [4.78, 5) is 12.2. The number of hydrogen-bond donors (Lipinski definition) is 0. The van der Waals surface area contributed by atoms with Gasteiger partial charge in [0.2, 0.25) is 5.78 Å². The molecule has 3 rings (SSSR count). The van der Waals surface area contributed by atoms with E-state index in [1.165, 1.54) is 6.08 Å². The normalized spacial score (nSPS) is 10.9. The van der Waals surface area contributed by atoms with Crippen LogP contribution in [0.4, 0.5) is 0 Å². The van der Waals surface area contributed by atoms with Crippen LogP contribution < -0.4 is 9.47 Å². The highest BCUT2D eigenvalue weighted by molar-refractivity contribution is 9.10. The number of benzene rings is 2. The molecular weight excluding hydrogens is 408 g/mol. The molecule has 138 valence electrons. The molecule has 1 aromatic heterocycles. The number of carbonyl (C=O) groups is 1. The largest absolute Gasteiger partial charge is 0.496 e. The van der Waals surface area contributed by atoms with Gasteiger partial charge < -0.3 is 9.47 Å². The average molecular weight is 427 g/mol. The fourth-order valence-corrected chi connectivity index (χ4v) is 2.91. The molecule has 0 fully saturated rings. The second kappa shape index (κ2) is 8.68. The molecule has 0 aliphatic heterocycles. The van der Waals surface area contributed by atoms with Crippen molar-refractivity contribution in [2.75, 3.05) is 7.11 Å². The van der Waals surface area contributed by atoms with Crippen molar-refractivity contribution in [1.29, 1.82) is 0 Å². The minimum atomic E-state index is -0.140. The lowest BCUT2D eigenvalue weighted by Gasteiger charge is -2.11. The molecule has 0 atom stereocenters. The summed E-state index contributed by atoms with van der Waals surface area (Å²) in [5, 5.41) is 4.11. The van der Waals surface area contributed by atoms with E-state index in [-0.39, 0.29) is 5.78 Å². The third kappa shape index (κ3) is 5.08. The Hall–Kier alpha value is -2.86. The Morgan fingerprint density at radius 3 is 2.78 bits per heavy atom. The van der Waals surface area contributed by atoms with Crippen molar-refractivity contribution in [3.05, 3.63) is 82.1 Å². The van der Waals surface area contributed by atoms with E-state index in [2.05, 4.69) is 21.0 Å². The molecular formula is C21H19BrN2O3. The average Bonchev–Trinajstić information content (AvgIpc) is 3.11. The molecule has 0 spiro atoms. The van der Waals surface area contributed by atoms with Gasteiger partial charge in [0.25, 0.3) is 0 Å². The first-order chi connectivity index (χ1) is 13.0. The van der Waals surface area contributed by atoms with Crippen LogP contribution in [0.3, 0.4) is 0 Å². The number of methoxy groups -OCH3 is 1. The predicted molar refractivity (Wildman–Crippen MR) is 108 cm³/mol. The number of aryl methyl sites for hydroxylation is 1. The van der Waals surface area contributed by atoms with E-state index in [1.54, 1.807) is 37.2 Å². The topological polar surface area (TPSA) is 53.4 Å². The molecule has 0 saturated carbocycles. The smallest absolute Gasteiger partial charge is 0.206 e. The second-order valence-corrected chi connectivity index (χ2v) is 6.81. The lowest BCUT2D eigenvalue weighted by Crippen LogP contribution is -2.00. The van der Waals surface area contributed by atoms with E-state index in [1.807, 2.05) is 42.5 Å². The lowest BCUT2D eigenvalue weighted by molar-refractivity contribution is 0.104. The van der Waals surface area contributed by atoms with Crippen LogP contribution in [-0.4, -0.2) is 22.7 Å². The number of rotatable bonds is 7. The second-order valence-electron chi connectivity index (χ2n) is 5.89. The molecule has 6 heteroatoms. The SMILES string of the molecule is COc1ccc(/C=C/C(=O)c2ccn(C)n2)cc1COc1cccc(Br)c1. The third-order valence-electron chi connectivity index (χ3n) is 3.89. The molecule has 0 N–H and O–H groups in total. The molecule has 0 unspecified atom stereocenters. The predicted octanol–water partition coefficient (Wildman–Crippen LogP) is 4.67. The number of nitrogens with zero attached hydrogens (tertiary/aromatic N) is 2. The Morgan fingerprint density at radius 1 is 1.22 bits per heavy atom. The highest BCUT2D eigenvalue weighted by Gasteiger charge is 2.07. The summed E-state index contributed by atoms with van der Waals surface area (Å²) in [6.07, 6.45) is 5.02. The Labute approximate surface area is 166 Å². The van der Waals surface area contributed by atoms with Crippen LogP contribution >= 0.6 is 15.9 Å². The van der Waals surface area contributed by atoms with E-state index >= 15 is 0 Å². The van der Waals surface area contributed by atoms with Crippen LogP contribution in [-0.2, 0) is 13.7 Å². The number of ketones is 1. The maximum absolute atomic E-state index is 12.2. The minimum Gasteiger partial charge on any atom is -0.496 e. The van der Waals surface area contributed by atoms with Crippen LogP contribution in [0.1, 0.15) is 21.6 Å². The van der Waals surface area contributed by atoms with E-state index in [0.29, 0.717) is 12.3 Å². The lowest BCUT2D eigenvalue weighted by atomic mass is 10.1. The number of carbonyl (C=O) groups excluding carboxylic acids is 1. The van der Waals surface area contributed by atoms with Crippen molar-refractivity contribution >= 4 is 27.8 Å². The van der Waals surface area contributed by atoms with Gasteiger partial charge in [-0.2, -0.15) is 5.10 Å². The van der Waals surface area contributed by atoms with Gasteiger partial charge >= 0.3 is 0 Å². The summed E-state index contributed by atoms with van der Waals surface area (Å²) < 4.78 is 13.8. The first kappa shape index (κ1) is 18.9. The molecule has 0 aliphatic carbocycles. The molecule has 0 saturated heterocycles. The standard InChI is InChI=1S/C21H19BrN2O3/c1-24-11-10-19(23-24)20(25)8-6-15-7-9-21(26-2)16(12-15)14-27-18-5-3-4-17(22)13-18/h3-13H,14H2,1-2H3/b8-6+. The van der Waals surface area contributed by atoms with Gasteiger partial charge in [0, 0.05) is 23.3 Å². The van der Waals surface area contributed by atoms with E-state index in [0.717, 1.165) is 27.1 Å². The van der Waals surface area contributed by atoms with E-state index < -0.39 is 0 Å². The van der Waals surface area contributed by atoms with Crippen molar-refractivity contribution in [2.24, 2.45) is 7.05 Å². The van der Waals surface area contributed by atoms with Crippen LogP contribution in [0.25, 0.3) is 6.08 Å². The first-order valence-electron chi connectivity index (χ1n) is 8.32. The third-order valence-corrected chi connectivity index (χ3v) is 4.38. The number of ether oxygens (including phenoxy) is 2. The maximum atomic E-state index is 12.2. The number of aromatic nitrogens is 2. The monoisotopic (exact) mass is 426 g/mol. The molecule has 0 aliphatic rings. The molecule has 0 amide bonds. The van der Waals surface area contributed by atoms with Gasteiger partial charge in [0.05, 0.1) is 7.11 Å². The van der Waals surface area contributed by atoms with Gasteiger partial charge in [-0.15, -0.1) is 0 Å². The van der Waals surface area contributed by atoms with Crippen LogP contribution in [0.2, 0.25) is 0 Å². The van der Waals surface area contributed by atoms with Gasteiger partial charge in [-0.1, -0.05) is 34.1 Å². The highest BCUT2D eigenvalue weighted by atomic mass is 79.9. The molecule has 1 heterocycles. The van der Waals surface area contributed by atoms with Crippen molar-refractivity contribution in [3.8, 4) is 11.5 Å². The Balaban J connectivity index is 1.74. The van der Waals surface area contributed by atoms with Gasteiger partial charge in [-0.3, -0.25) is 9.48 Å². The fraction of sp³-hybridized carbons (Fsp3) is 0.143. The molecule has 0 bridgehead atoms. The van der Waals surface area contributed by atoms with Crippen molar-refractivity contribution < 1.29 is 14.3 Å². The Morgan fingerprint density at radius 2 is 2.07 bits per heavy atom. The first-order valence-corrected chi connectivity index (χ1v) is 9.12. The van der Waals surface area contributed by atoms with Crippen molar-refractivity contribution in [1.82, 2.24) is 9.78 Å². The van der Waals surface area contributed by atoms with Gasteiger partial charge in [0.15, 0.2) is 0 Å². The Kier molecular flexibility index (Phi) is 6.08. The number of allylic oxidation sites excluding steroid dienone is 1. The Bertz CT molecular complexity index is 979. The summed E-state index contributed by atoms with van der Waals surface area (Å²) in [5.74, 6) is 1.36.